The molecule has 7 nitrogen and oxygen atoms in total. The number of carbonyl (C=O) groups is 3. The lowest BCUT2D eigenvalue weighted by molar-refractivity contribution is -0.246. The number of ether oxygens (including phenoxy) is 1. The number of carbonyl (C=O) groups excluding carboxylic acids is 3. The first-order valence-electron chi connectivity index (χ1n) is 7.29. The van der Waals surface area contributed by atoms with Gasteiger partial charge in [-0.05, 0) is 40.0 Å². The van der Waals surface area contributed by atoms with Crippen LogP contribution in [0.3, 0.4) is 0 Å². The van der Waals surface area contributed by atoms with Crippen molar-refractivity contribution in [2.24, 2.45) is 5.41 Å². The van der Waals surface area contributed by atoms with Gasteiger partial charge in [0.1, 0.15) is 16.8 Å². The third kappa shape index (κ3) is 2.04. The Bertz CT molecular complexity index is 551. The van der Waals surface area contributed by atoms with Crippen LogP contribution in [0.25, 0.3) is 0 Å². The van der Waals surface area contributed by atoms with Crippen LogP contribution < -0.4 is 16.0 Å². The SMILES string of the molecule is CC(C)(C)OC(=O)NCC1(C23CC(F)(C2)C3)NC(=O)NC1=O. The Morgan fingerprint density at radius 1 is 1.32 bits per heavy atom. The second-order valence-corrected chi connectivity index (χ2v) is 7.63. The summed E-state index contributed by atoms with van der Waals surface area (Å²) in [5, 5.41) is 7.31. The van der Waals surface area contributed by atoms with Crippen molar-refractivity contribution in [1.29, 1.82) is 0 Å². The second-order valence-electron chi connectivity index (χ2n) is 7.63. The summed E-state index contributed by atoms with van der Waals surface area (Å²) in [5.74, 6) is -0.518. The van der Waals surface area contributed by atoms with E-state index in [1.54, 1.807) is 20.8 Å². The number of hydrogen-bond acceptors (Lipinski definition) is 4. The summed E-state index contributed by atoms with van der Waals surface area (Å²) in [6.45, 7) is 5.05. The maximum Gasteiger partial charge on any atom is 0.407 e. The van der Waals surface area contributed by atoms with Crippen LogP contribution in [0.1, 0.15) is 40.0 Å². The van der Waals surface area contributed by atoms with Crippen LogP contribution in [-0.4, -0.2) is 41.4 Å². The largest absolute Gasteiger partial charge is 0.444 e. The van der Waals surface area contributed by atoms with E-state index in [1.807, 2.05) is 0 Å². The van der Waals surface area contributed by atoms with Crippen LogP contribution in [0.4, 0.5) is 14.0 Å². The summed E-state index contributed by atoms with van der Waals surface area (Å²) < 4.78 is 19.0. The molecule has 4 rings (SSSR count). The van der Waals surface area contributed by atoms with Crippen molar-refractivity contribution in [3.05, 3.63) is 0 Å². The lowest BCUT2D eigenvalue weighted by Crippen LogP contribution is -2.80. The third-order valence-electron chi connectivity index (χ3n) is 4.71. The molecule has 1 saturated heterocycles. The molecule has 1 heterocycles. The Morgan fingerprint density at radius 3 is 2.32 bits per heavy atom. The van der Waals surface area contributed by atoms with E-state index in [1.165, 1.54) is 0 Å². The van der Waals surface area contributed by atoms with Gasteiger partial charge in [-0.25, -0.2) is 14.0 Å². The highest BCUT2D eigenvalue weighted by molar-refractivity contribution is 6.08. The zero-order chi connectivity index (χ0) is 16.4. The van der Waals surface area contributed by atoms with Gasteiger partial charge in [-0.2, -0.15) is 0 Å². The maximum atomic E-state index is 13.8. The predicted molar refractivity (Wildman–Crippen MR) is 73.8 cm³/mol. The van der Waals surface area contributed by atoms with Crippen LogP contribution in [-0.2, 0) is 9.53 Å². The highest BCUT2D eigenvalue weighted by atomic mass is 19.1. The topological polar surface area (TPSA) is 96.5 Å². The average Bonchev–Trinajstić information content (AvgIpc) is 2.55. The number of imide groups is 1. The minimum Gasteiger partial charge on any atom is -0.444 e. The molecule has 0 aromatic heterocycles. The van der Waals surface area contributed by atoms with E-state index in [2.05, 4.69) is 16.0 Å². The summed E-state index contributed by atoms with van der Waals surface area (Å²) in [6.07, 6.45) is -0.000675. The maximum absolute atomic E-state index is 13.8. The van der Waals surface area contributed by atoms with E-state index in [0.29, 0.717) is 0 Å². The number of halogens is 1. The summed E-state index contributed by atoms with van der Waals surface area (Å²) in [4.78, 5) is 35.6. The summed E-state index contributed by atoms with van der Waals surface area (Å²) >= 11 is 0. The molecule has 1 aliphatic heterocycles. The Hall–Kier alpha value is -1.86. The van der Waals surface area contributed by atoms with Crippen LogP contribution in [0, 0.1) is 5.41 Å². The number of alkyl halides is 1. The fourth-order valence-electron chi connectivity index (χ4n) is 3.81. The van der Waals surface area contributed by atoms with E-state index in [4.69, 9.17) is 4.74 Å². The zero-order valence-electron chi connectivity index (χ0n) is 12.8. The smallest absolute Gasteiger partial charge is 0.407 e. The number of urea groups is 1. The van der Waals surface area contributed by atoms with Gasteiger partial charge >= 0.3 is 12.1 Å². The average molecular weight is 313 g/mol. The van der Waals surface area contributed by atoms with Gasteiger partial charge in [0, 0.05) is 5.41 Å². The highest BCUT2D eigenvalue weighted by Gasteiger charge is 2.79. The fraction of sp³-hybridized carbons (Fsp3) is 0.786. The van der Waals surface area contributed by atoms with Crippen molar-refractivity contribution >= 4 is 18.0 Å². The van der Waals surface area contributed by atoms with Gasteiger partial charge in [0.25, 0.3) is 5.91 Å². The lowest BCUT2D eigenvalue weighted by Gasteiger charge is -2.70. The monoisotopic (exact) mass is 313 g/mol. The highest BCUT2D eigenvalue weighted by Crippen LogP contribution is 2.73. The van der Waals surface area contributed by atoms with Gasteiger partial charge in [-0.3, -0.25) is 10.1 Å². The molecule has 4 aliphatic rings. The molecule has 0 aromatic carbocycles. The van der Waals surface area contributed by atoms with Crippen LogP contribution >= 0.6 is 0 Å². The summed E-state index contributed by atoms with van der Waals surface area (Å²) in [6, 6.07) is -0.617. The number of hydrogen-bond donors (Lipinski definition) is 3. The number of alkyl carbamates (subject to hydrolysis) is 1. The molecule has 8 heteroatoms. The summed E-state index contributed by atoms with van der Waals surface area (Å²) in [7, 11) is 0. The molecule has 122 valence electrons. The first kappa shape index (κ1) is 15.1. The first-order chi connectivity index (χ1) is 9.99. The summed E-state index contributed by atoms with van der Waals surface area (Å²) in [5.41, 5.74) is -3.80. The molecular formula is C14H20FN3O4. The molecule has 0 radical (unpaired) electrons. The molecule has 1 unspecified atom stereocenters. The van der Waals surface area contributed by atoms with Crippen molar-refractivity contribution in [1.82, 2.24) is 16.0 Å². The van der Waals surface area contributed by atoms with E-state index in [-0.39, 0.29) is 25.8 Å². The molecule has 3 N–H and O–H groups in total. The molecule has 4 amide bonds. The van der Waals surface area contributed by atoms with E-state index in [0.717, 1.165) is 0 Å². The molecule has 0 spiro atoms. The number of nitrogens with one attached hydrogen (secondary N) is 3. The zero-order valence-corrected chi connectivity index (χ0v) is 12.8. The van der Waals surface area contributed by atoms with Crippen LogP contribution in [0.5, 0.6) is 0 Å². The standard InChI is InChI=1S/C14H20FN3O4/c1-11(2,3)22-10(21)16-7-14(8(19)17-9(20)18-14)12-4-13(15,5-12)6-12/h4-7H2,1-3H3,(H,16,21)(H2,17,18,19,20). The normalized spacial score (nSPS) is 39.3. The second kappa shape index (κ2) is 4.11. The van der Waals surface area contributed by atoms with E-state index < -0.39 is 40.3 Å². The number of amides is 4. The predicted octanol–water partition coefficient (Wildman–Crippen LogP) is 0.981. The molecular weight excluding hydrogens is 293 g/mol. The number of rotatable bonds is 3. The quantitative estimate of drug-likeness (QED) is 0.677. The van der Waals surface area contributed by atoms with Crippen molar-refractivity contribution in [2.75, 3.05) is 6.54 Å². The van der Waals surface area contributed by atoms with Crippen molar-refractivity contribution in [3.8, 4) is 0 Å². The Kier molecular flexibility index (Phi) is 2.81. The van der Waals surface area contributed by atoms with E-state index >= 15 is 0 Å². The van der Waals surface area contributed by atoms with Crippen LogP contribution in [0.15, 0.2) is 0 Å². The fourth-order valence-corrected chi connectivity index (χ4v) is 3.81. The van der Waals surface area contributed by atoms with Gasteiger partial charge in [0.15, 0.2) is 0 Å². The van der Waals surface area contributed by atoms with Crippen LogP contribution in [0.2, 0.25) is 0 Å². The lowest BCUT2D eigenvalue weighted by atomic mass is 9.36. The minimum atomic E-state index is -1.30. The van der Waals surface area contributed by atoms with Gasteiger partial charge in [0.2, 0.25) is 0 Å². The molecule has 22 heavy (non-hydrogen) atoms. The molecule has 2 bridgehead atoms. The molecule has 4 fully saturated rings. The van der Waals surface area contributed by atoms with Gasteiger partial charge in [-0.15, -0.1) is 0 Å². The van der Waals surface area contributed by atoms with E-state index in [9.17, 15) is 18.8 Å². The Labute approximate surface area is 127 Å². The van der Waals surface area contributed by atoms with Gasteiger partial charge in [-0.1, -0.05) is 0 Å². The Balaban J connectivity index is 1.73. The first-order valence-corrected chi connectivity index (χ1v) is 7.29. The van der Waals surface area contributed by atoms with Gasteiger partial charge < -0.3 is 15.4 Å². The van der Waals surface area contributed by atoms with Crippen molar-refractivity contribution < 1.29 is 23.5 Å². The third-order valence-corrected chi connectivity index (χ3v) is 4.71. The van der Waals surface area contributed by atoms with Gasteiger partial charge in [0.05, 0.1) is 6.54 Å². The molecule has 3 aliphatic carbocycles. The molecule has 0 aromatic rings. The minimum absolute atomic E-state index is 0.116. The Morgan fingerprint density at radius 2 is 1.91 bits per heavy atom. The molecule has 1 atom stereocenters. The molecule has 3 saturated carbocycles. The van der Waals surface area contributed by atoms with Crippen molar-refractivity contribution in [3.63, 3.8) is 0 Å². The van der Waals surface area contributed by atoms with Crippen molar-refractivity contribution in [2.45, 2.75) is 56.8 Å².